The van der Waals surface area contributed by atoms with Gasteiger partial charge in [-0.05, 0) is 36.8 Å². The zero-order valence-corrected chi connectivity index (χ0v) is 12.1. The van der Waals surface area contributed by atoms with Crippen molar-refractivity contribution in [3.8, 4) is 0 Å². The average molecular weight is 284 g/mol. The molecule has 2 atom stereocenters. The van der Waals surface area contributed by atoms with Gasteiger partial charge in [-0.15, -0.1) is 0 Å². The monoisotopic (exact) mass is 284 g/mol. The molecule has 2 unspecified atom stereocenters. The van der Waals surface area contributed by atoms with Gasteiger partial charge in [-0.25, -0.2) is 0 Å². The van der Waals surface area contributed by atoms with Crippen LogP contribution in [0, 0.1) is 11.8 Å². The molecular weight excluding hydrogens is 264 g/mol. The molecule has 4 heteroatoms. The normalized spacial score (nSPS) is 28.3. The molecule has 0 bridgehead atoms. The van der Waals surface area contributed by atoms with Crippen LogP contribution in [0.15, 0.2) is 36.4 Å². The van der Waals surface area contributed by atoms with Gasteiger partial charge in [0.15, 0.2) is 0 Å². The van der Waals surface area contributed by atoms with Gasteiger partial charge in [0.25, 0.3) is 5.91 Å². The Labute approximate surface area is 125 Å². The van der Waals surface area contributed by atoms with E-state index in [2.05, 4.69) is 29.2 Å². The summed E-state index contributed by atoms with van der Waals surface area (Å²) in [5, 5.41) is 0. The van der Waals surface area contributed by atoms with Gasteiger partial charge in [0.2, 0.25) is 0 Å². The maximum Gasteiger partial charge on any atom is 0.250 e. The van der Waals surface area contributed by atoms with Gasteiger partial charge in [-0.1, -0.05) is 6.08 Å². The number of hydrogen-bond acceptors (Lipinski definition) is 3. The van der Waals surface area contributed by atoms with Gasteiger partial charge < -0.3 is 14.5 Å². The lowest BCUT2D eigenvalue weighted by Gasteiger charge is -2.25. The van der Waals surface area contributed by atoms with Crippen molar-refractivity contribution in [2.75, 3.05) is 42.6 Å². The third kappa shape index (κ3) is 2.33. The molecule has 3 aliphatic heterocycles. The van der Waals surface area contributed by atoms with Gasteiger partial charge in [-0.2, -0.15) is 0 Å². The lowest BCUT2D eigenvalue weighted by atomic mass is 10.0. The highest BCUT2D eigenvalue weighted by Gasteiger charge is 2.37. The third-order valence-electron chi connectivity index (χ3n) is 4.81. The minimum atomic E-state index is 0.0850. The fraction of sp³-hybridized carbons (Fsp3) is 0.471. The van der Waals surface area contributed by atoms with Crippen LogP contribution in [0.4, 0.5) is 11.4 Å². The number of nitrogens with zero attached hydrogens (tertiary/aromatic N) is 2. The van der Waals surface area contributed by atoms with E-state index >= 15 is 0 Å². The van der Waals surface area contributed by atoms with Gasteiger partial charge in [-0.3, -0.25) is 4.79 Å². The maximum absolute atomic E-state index is 11.9. The lowest BCUT2D eigenvalue weighted by molar-refractivity contribution is -0.114. The standard InChI is InChI=1S/C17H20N2O2/c20-17-3-1-2-8-19(17)16-6-4-15(5-7-16)18-9-13-11-21-12-14(13)10-18/h1,3-7,13-14H,2,8-12H2. The Hall–Kier alpha value is -1.81. The second-order valence-electron chi connectivity index (χ2n) is 6.16. The molecule has 0 N–H and O–H groups in total. The van der Waals surface area contributed by atoms with Crippen LogP contribution >= 0.6 is 0 Å². The van der Waals surface area contributed by atoms with E-state index in [1.54, 1.807) is 6.08 Å². The van der Waals surface area contributed by atoms with E-state index < -0.39 is 0 Å². The summed E-state index contributed by atoms with van der Waals surface area (Å²) in [6.07, 6.45) is 4.54. The highest BCUT2D eigenvalue weighted by molar-refractivity contribution is 6.02. The van der Waals surface area contributed by atoms with Crippen LogP contribution in [0.25, 0.3) is 0 Å². The van der Waals surface area contributed by atoms with Crippen LogP contribution < -0.4 is 9.80 Å². The summed E-state index contributed by atoms with van der Waals surface area (Å²) in [6, 6.07) is 8.42. The summed E-state index contributed by atoms with van der Waals surface area (Å²) >= 11 is 0. The summed E-state index contributed by atoms with van der Waals surface area (Å²) in [6.45, 7) is 4.78. The maximum atomic E-state index is 11.9. The SMILES string of the molecule is O=C1C=CCCN1c1ccc(N2CC3COCC3C2)cc1. The molecule has 1 aromatic rings. The number of hydrogen-bond donors (Lipinski definition) is 0. The third-order valence-corrected chi connectivity index (χ3v) is 4.81. The Kier molecular flexibility index (Phi) is 3.19. The first-order valence-corrected chi connectivity index (χ1v) is 7.72. The predicted molar refractivity (Wildman–Crippen MR) is 82.6 cm³/mol. The predicted octanol–water partition coefficient (Wildman–Crippen LogP) is 2.06. The van der Waals surface area contributed by atoms with Crippen LogP contribution in [0.2, 0.25) is 0 Å². The molecule has 2 fully saturated rings. The molecule has 110 valence electrons. The number of amides is 1. The number of ether oxygens (including phenoxy) is 1. The molecule has 4 nitrogen and oxygen atoms in total. The minimum absolute atomic E-state index is 0.0850. The summed E-state index contributed by atoms with van der Waals surface area (Å²) in [7, 11) is 0. The van der Waals surface area contributed by atoms with Crippen molar-refractivity contribution < 1.29 is 9.53 Å². The first-order chi connectivity index (χ1) is 10.3. The molecule has 0 aliphatic carbocycles. The quantitative estimate of drug-likeness (QED) is 0.833. The number of carbonyl (C=O) groups is 1. The highest BCUT2D eigenvalue weighted by atomic mass is 16.5. The molecule has 3 heterocycles. The summed E-state index contributed by atoms with van der Waals surface area (Å²) in [5.74, 6) is 1.47. The smallest absolute Gasteiger partial charge is 0.250 e. The lowest BCUT2D eigenvalue weighted by Crippen LogP contribution is -2.32. The van der Waals surface area contributed by atoms with Gasteiger partial charge >= 0.3 is 0 Å². The van der Waals surface area contributed by atoms with Crippen LogP contribution in [0.3, 0.4) is 0 Å². The molecule has 1 amide bonds. The molecule has 4 rings (SSSR count). The van der Waals surface area contributed by atoms with Crippen LogP contribution in [-0.4, -0.2) is 38.8 Å². The molecule has 21 heavy (non-hydrogen) atoms. The molecule has 0 aromatic heterocycles. The van der Waals surface area contributed by atoms with Crippen molar-refractivity contribution in [1.82, 2.24) is 0 Å². The fourth-order valence-electron chi connectivity index (χ4n) is 3.59. The highest BCUT2D eigenvalue weighted by Crippen LogP contribution is 2.33. The molecule has 0 radical (unpaired) electrons. The Morgan fingerprint density at radius 1 is 1.00 bits per heavy atom. The largest absolute Gasteiger partial charge is 0.381 e. The van der Waals surface area contributed by atoms with E-state index in [1.165, 1.54) is 5.69 Å². The molecule has 1 aromatic carbocycles. The van der Waals surface area contributed by atoms with E-state index in [4.69, 9.17) is 4.74 Å². The van der Waals surface area contributed by atoms with Crippen molar-refractivity contribution >= 4 is 17.3 Å². The number of anilines is 2. The molecule has 2 saturated heterocycles. The van der Waals surface area contributed by atoms with Crippen LogP contribution in [-0.2, 0) is 9.53 Å². The van der Waals surface area contributed by atoms with Crippen molar-refractivity contribution in [2.45, 2.75) is 6.42 Å². The molecule has 3 aliphatic rings. The summed E-state index contributed by atoms with van der Waals surface area (Å²) in [5.41, 5.74) is 2.25. The molecular formula is C17H20N2O2. The number of rotatable bonds is 2. The van der Waals surface area contributed by atoms with Gasteiger partial charge in [0.05, 0.1) is 13.2 Å². The second-order valence-corrected chi connectivity index (χ2v) is 6.16. The number of fused-ring (bicyclic) bond motifs is 1. The average Bonchev–Trinajstić information content (AvgIpc) is 3.09. The first-order valence-electron chi connectivity index (χ1n) is 7.72. The van der Waals surface area contributed by atoms with Crippen molar-refractivity contribution in [2.24, 2.45) is 11.8 Å². The van der Waals surface area contributed by atoms with E-state index in [0.29, 0.717) is 11.8 Å². The number of benzene rings is 1. The van der Waals surface area contributed by atoms with Gasteiger partial charge in [0, 0.05) is 42.8 Å². The van der Waals surface area contributed by atoms with E-state index in [0.717, 1.165) is 45.0 Å². The van der Waals surface area contributed by atoms with Crippen LogP contribution in [0.5, 0.6) is 0 Å². The summed E-state index contributed by atoms with van der Waals surface area (Å²) < 4.78 is 5.53. The fourth-order valence-corrected chi connectivity index (χ4v) is 3.59. The topological polar surface area (TPSA) is 32.8 Å². The van der Waals surface area contributed by atoms with E-state index in [9.17, 15) is 4.79 Å². The van der Waals surface area contributed by atoms with Crippen LogP contribution in [0.1, 0.15) is 6.42 Å². The first kappa shape index (κ1) is 12.9. The number of carbonyl (C=O) groups excluding carboxylic acids is 1. The van der Waals surface area contributed by atoms with Crippen molar-refractivity contribution in [1.29, 1.82) is 0 Å². The molecule has 0 saturated carbocycles. The Morgan fingerprint density at radius 2 is 1.67 bits per heavy atom. The Balaban J connectivity index is 1.49. The summed E-state index contributed by atoms with van der Waals surface area (Å²) in [4.78, 5) is 16.2. The second kappa shape index (κ2) is 5.19. The Morgan fingerprint density at radius 3 is 2.33 bits per heavy atom. The zero-order chi connectivity index (χ0) is 14.2. The van der Waals surface area contributed by atoms with Gasteiger partial charge in [0.1, 0.15) is 0 Å². The van der Waals surface area contributed by atoms with Crippen molar-refractivity contribution in [3.63, 3.8) is 0 Å². The van der Waals surface area contributed by atoms with E-state index in [1.807, 2.05) is 11.0 Å². The zero-order valence-electron chi connectivity index (χ0n) is 12.1. The minimum Gasteiger partial charge on any atom is -0.381 e. The van der Waals surface area contributed by atoms with E-state index in [-0.39, 0.29) is 5.91 Å². The molecule has 0 spiro atoms. The Bertz CT molecular complexity index is 555. The van der Waals surface area contributed by atoms with Crippen molar-refractivity contribution in [3.05, 3.63) is 36.4 Å².